The molecule has 0 saturated heterocycles. The highest BCUT2D eigenvalue weighted by Gasteiger charge is 2.54. The Morgan fingerprint density at radius 2 is 0.862 bits per heavy atom. The highest BCUT2D eigenvalue weighted by molar-refractivity contribution is 6.23. The van der Waals surface area contributed by atoms with Crippen LogP contribution >= 0.6 is 0 Å². The smallest absolute Gasteiger partial charge is 0.125 e. The highest BCUT2D eigenvalue weighted by atomic mass is 19.1. The lowest BCUT2D eigenvalue weighted by Gasteiger charge is -2.33. The summed E-state index contributed by atoms with van der Waals surface area (Å²) in [5.41, 5.74) is 14.5. The van der Waals surface area contributed by atoms with Gasteiger partial charge in [-0.05, 0) is 144 Å². The van der Waals surface area contributed by atoms with Crippen LogP contribution in [-0.4, -0.2) is 0 Å². The van der Waals surface area contributed by atoms with Crippen LogP contribution in [0.5, 0.6) is 0 Å². The van der Waals surface area contributed by atoms with Crippen LogP contribution in [0.3, 0.4) is 0 Å². The quantitative estimate of drug-likeness (QED) is 0.174. The molecule has 2 aliphatic rings. The van der Waals surface area contributed by atoms with E-state index in [0.717, 1.165) is 33.8 Å². The van der Waals surface area contributed by atoms with Crippen LogP contribution in [0, 0.1) is 11.6 Å². The molecule has 1 N–H and O–H groups in total. The predicted molar refractivity (Wildman–Crippen MR) is 266 cm³/mol. The number of fused-ring (bicyclic) bond motifs is 17. The molecule has 0 fully saturated rings. The fourth-order valence-corrected chi connectivity index (χ4v) is 10.7. The topological polar surface area (TPSA) is 15.3 Å². The monoisotopic (exact) mass is 838 g/mol. The standard InChI is InChI=1S/C55H35FN2.C6H5F/c56-35-16-15-21-38(32-35)58(37-19-5-2-6-20-37)39-30-31-46-47(33-39)40-22-7-9-26-44(40)52-48-34-51(57-36-17-3-1-4-18-36)43-25-8-10-27-45(43)53(48)55(54(46)52)49-28-13-11-23-41(49)42-24-12-14-29-50(42)55;7-6-4-2-1-3-5-6/h1-34,57H;1-5H. The Labute approximate surface area is 376 Å². The normalized spacial score (nSPS) is 12.6. The molecule has 0 saturated carbocycles. The van der Waals surface area contributed by atoms with E-state index in [1.54, 1.807) is 30.3 Å². The minimum absolute atomic E-state index is 0.178. The van der Waals surface area contributed by atoms with Crippen LogP contribution in [0.15, 0.2) is 237 Å². The third-order valence-corrected chi connectivity index (χ3v) is 13.2. The van der Waals surface area contributed by atoms with E-state index in [4.69, 9.17) is 0 Å². The molecule has 2 nitrogen and oxygen atoms in total. The fraction of sp³-hybridized carbons (Fsp3) is 0.0164. The van der Waals surface area contributed by atoms with Gasteiger partial charge in [0.1, 0.15) is 11.6 Å². The molecule has 65 heavy (non-hydrogen) atoms. The summed E-state index contributed by atoms with van der Waals surface area (Å²) in [5.74, 6) is -0.448. The van der Waals surface area contributed by atoms with Crippen molar-refractivity contribution in [1.82, 2.24) is 0 Å². The van der Waals surface area contributed by atoms with Crippen LogP contribution in [0.1, 0.15) is 22.3 Å². The van der Waals surface area contributed by atoms with E-state index in [9.17, 15) is 8.78 Å². The Balaban J connectivity index is 0.000000583. The maximum Gasteiger partial charge on any atom is 0.125 e. The van der Waals surface area contributed by atoms with E-state index in [0.29, 0.717) is 0 Å². The summed E-state index contributed by atoms with van der Waals surface area (Å²) in [6.45, 7) is 0. The predicted octanol–water partition coefficient (Wildman–Crippen LogP) is 16.7. The minimum Gasteiger partial charge on any atom is -0.355 e. The molecule has 11 aromatic carbocycles. The van der Waals surface area contributed by atoms with E-state index in [2.05, 4.69) is 174 Å². The Morgan fingerprint density at radius 3 is 1.52 bits per heavy atom. The molecule has 0 bridgehead atoms. The Hall–Kier alpha value is -8.34. The van der Waals surface area contributed by atoms with Gasteiger partial charge in [-0.1, -0.05) is 164 Å². The molecule has 0 aromatic heterocycles. The summed E-state index contributed by atoms with van der Waals surface area (Å²) in [6, 6.07) is 80.7. The summed E-state index contributed by atoms with van der Waals surface area (Å²) >= 11 is 0. The lowest BCUT2D eigenvalue weighted by Crippen LogP contribution is -2.26. The fourth-order valence-electron chi connectivity index (χ4n) is 10.7. The molecule has 2 aliphatic carbocycles. The van der Waals surface area contributed by atoms with Gasteiger partial charge in [0.15, 0.2) is 0 Å². The van der Waals surface area contributed by atoms with Crippen molar-refractivity contribution in [3.8, 4) is 22.3 Å². The van der Waals surface area contributed by atoms with E-state index in [1.807, 2.05) is 24.3 Å². The summed E-state index contributed by atoms with van der Waals surface area (Å²) in [6.07, 6.45) is 0. The summed E-state index contributed by atoms with van der Waals surface area (Å²) < 4.78 is 26.8. The summed E-state index contributed by atoms with van der Waals surface area (Å²) in [7, 11) is 0. The number of halogens is 2. The van der Waals surface area contributed by atoms with Gasteiger partial charge in [-0.2, -0.15) is 0 Å². The number of benzene rings is 11. The summed E-state index contributed by atoms with van der Waals surface area (Å²) in [4.78, 5) is 2.16. The molecule has 0 radical (unpaired) electrons. The molecule has 13 rings (SSSR count). The van der Waals surface area contributed by atoms with Crippen LogP contribution in [0.2, 0.25) is 0 Å². The van der Waals surface area contributed by atoms with Crippen molar-refractivity contribution >= 4 is 60.8 Å². The zero-order valence-corrected chi connectivity index (χ0v) is 35.2. The Bertz CT molecular complexity index is 3560. The molecule has 0 aliphatic heterocycles. The number of anilines is 5. The zero-order chi connectivity index (χ0) is 43.5. The second-order valence-electron chi connectivity index (χ2n) is 16.7. The van der Waals surface area contributed by atoms with Crippen molar-refractivity contribution in [1.29, 1.82) is 0 Å². The average molecular weight is 839 g/mol. The second kappa shape index (κ2) is 15.5. The number of hydrogen-bond donors (Lipinski definition) is 1. The van der Waals surface area contributed by atoms with Crippen LogP contribution in [-0.2, 0) is 5.41 Å². The average Bonchev–Trinajstić information content (AvgIpc) is 3.83. The molecule has 0 unspecified atom stereocenters. The van der Waals surface area contributed by atoms with Gasteiger partial charge >= 0.3 is 0 Å². The van der Waals surface area contributed by atoms with Gasteiger partial charge in [-0.25, -0.2) is 8.78 Å². The molecular formula is C61H40F2N2. The highest BCUT2D eigenvalue weighted by Crippen LogP contribution is 2.67. The van der Waals surface area contributed by atoms with Crippen molar-refractivity contribution in [2.75, 3.05) is 10.2 Å². The van der Waals surface area contributed by atoms with Gasteiger partial charge < -0.3 is 10.2 Å². The van der Waals surface area contributed by atoms with Gasteiger partial charge in [0.2, 0.25) is 0 Å². The lowest BCUT2D eigenvalue weighted by atomic mass is 9.68. The van der Waals surface area contributed by atoms with Gasteiger partial charge in [-0.3, -0.25) is 0 Å². The number of nitrogens with one attached hydrogen (secondary N) is 1. The number of nitrogens with zero attached hydrogens (tertiary/aromatic N) is 1. The zero-order valence-electron chi connectivity index (χ0n) is 35.2. The molecular weight excluding hydrogens is 799 g/mol. The molecule has 0 heterocycles. The molecule has 0 atom stereocenters. The van der Waals surface area contributed by atoms with Gasteiger partial charge in [0.25, 0.3) is 0 Å². The first-order chi connectivity index (χ1) is 32.1. The number of para-hydroxylation sites is 2. The summed E-state index contributed by atoms with van der Waals surface area (Å²) in [5, 5.41) is 11.0. The van der Waals surface area contributed by atoms with E-state index < -0.39 is 5.41 Å². The lowest BCUT2D eigenvalue weighted by molar-refractivity contribution is 0.627. The van der Waals surface area contributed by atoms with E-state index >= 15 is 0 Å². The van der Waals surface area contributed by atoms with Gasteiger partial charge in [-0.15, -0.1) is 0 Å². The first-order valence-electron chi connectivity index (χ1n) is 22.0. The molecule has 4 heteroatoms. The van der Waals surface area contributed by atoms with Crippen molar-refractivity contribution in [3.63, 3.8) is 0 Å². The number of rotatable bonds is 5. The second-order valence-corrected chi connectivity index (χ2v) is 16.7. The van der Waals surface area contributed by atoms with Crippen LogP contribution in [0.4, 0.5) is 37.2 Å². The largest absolute Gasteiger partial charge is 0.355 e. The van der Waals surface area contributed by atoms with Crippen molar-refractivity contribution in [3.05, 3.63) is 270 Å². The molecule has 1 spiro atoms. The van der Waals surface area contributed by atoms with E-state index in [1.165, 1.54) is 89.6 Å². The maximum atomic E-state index is 14.9. The van der Waals surface area contributed by atoms with E-state index in [-0.39, 0.29) is 11.6 Å². The number of hydrogen-bond acceptors (Lipinski definition) is 2. The Kier molecular flexibility index (Phi) is 9.13. The van der Waals surface area contributed by atoms with Crippen molar-refractivity contribution < 1.29 is 8.78 Å². The maximum absolute atomic E-state index is 14.9. The first kappa shape index (κ1) is 38.3. The van der Waals surface area contributed by atoms with Crippen LogP contribution < -0.4 is 10.2 Å². The van der Waals surface area contributed by atoms with Crippen molar-refractivity contribution in [2.24, 2.45) is 0 Å². The third-order valence-electron chi connectivity index (χ3n) is 13.2. The molecule has 308 valence electrons. The molecule has 0 amide bonds. The molecule has 11 aromatic rings. The first-order valence-corrected chi connectivity index (χ1v) is 22.0. The third kappa shape index (κ3) is 6.06. The van der Waals surface area contributed by atoms with Gasteiger partial charge in [0, 0.05) is 33.8 Å². The SMILES string of the molecule is Fc1cccc(N(c2ccccc2)c2ccc3c4c(c5ccccc5c3c2)-c2cc(Nc3ccccc3)c3ccccc3c2C42c3ccccc3-c3ccccc32)c1.Fc1ccccc1. The van der Waals surface area contributed by atoms with Crippen molar-refractivity contribution in [2.45, 2.75) is 5.41 Å². The van der Waals surface area contributed by atoms with Gasteiger partial charge in [0.05, 0.1) is 5.41 Å². The Morgan fingerprint density at radius 1 is 0.338 bits per heavy atom. The minimum atomic E-state index is -0.603. The van der Waals surface area contributed by atoms with Crippen LogP contribution in [0.25, 0.3) is 54.6 Å².